The number of amides is 2. The SMILES string of the molecule is CCNC(=O)CNC(=O)COc1ccc(-c2ccc(Br)cc2)cc1. The standard InChI is InChI=1S/C18H19BrN2O3/c1-2-20-17(22)11-21-18(23)12-24-16-9-5-14(6-10-16)13-3-7-15(19)8-4-13/h3-10H,2,11-12H2,1H3,(H,20,22)(H,21,23). The molecule has 0 saturated carbocycles. The molecule has 0 aromatic heterocycles. The van der Waals surface area contributed by atoms with Crippen LogP contribution >= 0.6 is 15.9 Å². The summed E-state index contributed by atoms with van der Waals surface area (Å²) in [5, 5.41) is 5.10. The van der Waals surface area contributed by atoms with Gasteiger partial charge in [0, 0.05) is 11.0 Å². The van der Waals surface area contributed by atoms with Crippen LogP contribution in [0.1, 0.15) is 6.92 Å². The van der Waals surface area contributed by atoms with Gasteiger partial charge >= 0.3 is 0 Å². The molecule has 6 heteroatoms. The zero-order valence-corrected chi connectivity index (χ0v) is 14.9. The molecule has 0 bridgehead atoms. The van der Waals surface area contributed by atoms with Crippen molar-refractivity contribution in [1.82, 2.24) is 10.6 Å². The third-order valence-electron chi connectivity index (χ3n) is 3.22. The van der Waals surface area contributed by atoms with Crippen molar-refractivity contribution in [2.24, 2.45) is 0 Å². The van der Waals surface area contributed by atoms with Gasteiger partial charge in [-0.2, -0.15) is 0 Å². The topological polar surface area (TPSA) is 67.4 Å². The number of likely N-dealkylation sites (N-methyl/N-ethyl adjacent to an activating group) is 1. The van der Waals surface area contributed by atoms with Gasteiger partial charge in [-0.1, -0.05) is 40.2 Å². The van der Waals surface area contributed by atoms with Crippen LogP contribution in [0.2, 0.25) is 0 Å². The number of rotatable bonds is 7. The maximum atomic E-state index is 11.6. The maximum absolute atomic E-state index is 11.6. The molecule has 126 valence electrons. The van der Waals surface area contributed by atoms with Crippen molar-refractivity contribution in [3.8, 4) is 16.9 Å². The Bertz CT molecular complexity index is 684. The third kappa shape index (κ3) is 5.70. The average Bonchev–Trinajstić information content (AvgIpc) is 2.59. The number of nitrogens with one attached hydrogen (secondary N) is 2. The molecule has 0 spiro atoms. The number of benzene rings is 2. The number of carbonyl (C=O) groups excluding carboxylic acids is 2. The van der Waals surface area contributed by atoms with Crippen LogP contribution in [0.5, 0.6) is 5.75 Å². The first-order valence-electron chi connectivity index (χ1n) is 7.60. The first-order chi connectivity index (χ1) is 11.6. The summed E-state index contributed by atoms with van der Waals surface area (Å²) in [6, 6.07) is 15.5. The van der Waals surface area contributed by atoms with Crippen molar-refractivity contribution in [3.63, 3.8) is 0 Å². The van der Waals surface area contributed by atoms with Gasteiger partial charge in [0.15, 0.2) is 6.61 Å². The molecule has 0 atom stereocenters. The normalized spacial score (nSPS) is 10.1. The largest absolute Gasteiger partial charge is 0.484 e. The minimum absolute atomic E-state index is 0.0431. The number of halogens is 1. The van der Waals surface area contributed by atoms with E-state index in [-0.39, 0.29) is 25.0 Å². The highest BCUT2D eigenvalue weighted by Gasteiger charge is 2.06. The summed E-state index contributed by atoms with van der Waals surface area (Å²) in [6.45, 7) is 2.19. The lowest BCUT2D eigenvalue weighted by Crippen LogP contribution is -2.38. The second kappa shape index (κ2) is 9.08. The van der Waals surface area contributed by atoms with Gasteiger partial charge in [-0.3, -0.25) is 9.59 Å². The molecule has 0 radical (unpaired) electrons. The molecule has 24 heavy (non-hydrogen) atoms. The van der Waals surface area contributed by atoms with Crippen LogP contribution in [-0.4, -0.2) is 31.5 Å². The Morgan fingerprint density at radius 3 is 2.08 bits per heavy atom. The van der Waals surface area contributed by atoms with Crippen LogP contribution in [0, 0.1) is 0 Å². The van der Waals surface area contributed by atoms with E-state index in [1.54, 1.807) is 0 Å². The van der Waals surface area contributed by atoms with Crippen molar-refractivity contribution in [3.05, 3.63) is 53.0 Å². The van der Waals surface area contributed by atoms with Gasteiger partial charge in [0.2, 0.25) is 5.91 Å². The minimum atomic E-state index is -0.335. The van der Waals surface area contributed by atoms with Gasteiger partial charge in [0.25, 0.3) is 5.91 Å². The number of hydrogen-bond donors (Lipinski definition) is 2. The molecule has 0 fully saturated rings. The quantitative estimate of drug-likeness (QED) is 0.763. The predicted molar refractivity (Wildman–Crippen MR) is 96.8 cm³/mol. The Labute approximate surface area is 149 Å². The van der Waals surface area contributed by atoms with Gasteiger partial charge in [-0.05, 0) is 42.3 Å². The van der Waals surface area contributed by atoms with Crippen LogP contribution in [0.15, 0.2) is 53.0 Å². The highest BCUT2D eigenvalue weighted by Crippen LogP contribution is 2.23. The number of carbonyl (C=O) groups is 2. The highest BCUT2D eigenvalue weighted by atomic mass is 79.9. The molecule has 0 unspecified atom stereocenters. The van der Waals surface area contributed by atoms with E-state index in [9.17, 15) is 9.59 Å². The summed E-state index contributed by atoms with van der Waals surface area (Å²) in [4.78, 5) is 22.9. The van der Waals surface area contributed by atoms with Crippen molar-refractivity contribution >= 4 is 27.7 Å². The Kier molecular flexibility index (Phi) is 6.81. The average molecular weight is 391 g/mol. The molecular weight excluding hydrogens is 372 g/mol. The second-order valence-corrected chi connectivity index (χ2v) is 5.97. The first kappa shape index (κ1) is 18.0. The second-order valence-electron chi connectivity index (χ2n) is 5.05. The summed E-state index contributed by atoms with van der Waals surface area (Å²) in [5.41, 5.74) is 2.17. The lowest BCUT2D eigenvalue weighted by atomic mass is 10.1. The Morgan fingerprint density at radius 1 is 0.917 bits per heavy atom. The van der Waals surface area contributed by atoms with Crippen LogP contribution < -0.4 is 15.4 Å². The fourth-order valence-corrected chi connectivity index (χ4v) is 2.29. The molecule has 0 aliphatic rings. The molecule has 0 aliphatic carbocycles. The Balaban J connectivity index is 1.82. The highest BCUT2D eigenvalue weighted by molar-refractivity contribution is 9.10. The molecule has 2 amide bonds. The Morgan fingerprint density at radius 2 is 1.50 bits per heavy atom. The monoisotopic (exact) mass is 390 g/mol. The van der Waals surface area contributed by atoms with E-state index in [4.69, 9.17) is 4.74 Å². The van der Waals surface area contributed by atoms with Crippen LogP contribution in [0.25, 0.3) is 11.1 Å². The summed E-state index contributed by atoms with van der Waals surface area (Å²) in [7, 11) is 0. The van der Waals surface area contributed by atoms with Crippen molar-refractivity contribution in [1.29, 1.82) is 0 Å². The van der Waals surface area contributed by atoms with Crippen molar-refractivity contribution in [2.75, 3.05) is 19.7 Å². The fourth-order valence-electron chi connectivity index (χ4n) is 2.02. The van der Waals surface area contributed by atoms with Gasteiger partial charge in [-0.25, -0.2) is 0 Å². The molecule has 2 aromatic carbocycles. The van der Waals surface area contributed by atoms with Gasteiger partial charge in [-0.15, -0.1) is 0 Å². The number of hydrogen-bond acceptors (Lipinski definition) is 3. The summed E-state index contributed by atoms with van der Waals surface area (Å²) in [6.07, 6.45) is 0. The smallest absolute Gasteiger partial charge is 0.258 e. The van der Waals surface area contributed by atoms with Crippen molar-refractivity contribution in [2.45, 2.75) is 6.92 Å². The van der Waals surface area contributed by atoms with E-state index in [1.165, 1.54) is 0 Å². The molecular formula is C18H19BrN2O3. The van der Waals surface area contributed by atoms with E-state index in [1.807, 2.05) is 55.5 Å². The van der Waals surface area contributed by atoms with E-state index >= 15 is 0 Å². The van der Waals surface area contributed by atoms with Crippen LogP contribution in [0.4, 0.5) is 0 Å². The van der Waals surface area contributed by atoms with Gasteiger partial charge in [0.05, 0.1) is 6.54 Å². The summed E-state index contributed by atoms with van der Waals surface area (Å²) >= 11 is 3.41. The van der Waals surface area contributed by atoms with Crippen LogP contribution in [-0.2, 0) is 9.59 Å². The minimum Gasteiger partial charge on any atom is -0.484 e. The fraction of sp³-hybridized carbons (Fsp3) is 0.222. The zero-order chi connectivity index (χ0) is 17.4. The van der Waals surface area contributed by atoms with Gasteiger partial charge < -0.3 is 15.4 Å². The lowest BCUT2D eigenvalue weighted by molar-refractivity contribution is -0.127. The Hall–Kier alpha value is -2.34. The van der Waals surface area contributed by atoms with Gasteiger partial charge in [0.1, 0.15) is 5.75 Å². The number of ether oxygens (including phenoxy) is 1. The zero-order valence-electron chi connectivity index (χ0n) is 13.3. The first-order valence-corrected chi connectivity index (χ1v) is 8.40. The van der Waals surface area contributed by atoms with E-state index in [0.29, 0.717) is 12.3 Å². The predicted octanol–water partition coefficient (Wildman–Crippen LogP) is 2.75. The third-order valence-corrected chi connectivity index (χ3v) is 3.75. The maximum Gasteiger partial charge on any atom is 0.258 e. The van der Waals surface area contributed by atoms with E-state index in [0.717, 1.165) is 15.6 Å². The summed E-state index contributed by atoms with van der Waals surface area (Å²) < 4.78 is 6.45. The molecule has 0 aliphatic heterocycles. The summed E-state index contributed by atoms with van der Waals surface area (Å²) in [5.74, 6) is 0.0481. The molecule has 2 aromatic rings. The van der Waals surface area contributed by atoms with E-state index in [2.05, 4.69) is 26.6 Å². The molecule has 2 rings (SSSR count). The molecule has 5 nitrogen and oxygen atoms in total. The van der Waals surface area contributed by atoms with Crippen molar-refractivity contribution < 1.29 is 14.3 Å². The molecule has 0 saturated heterocycles. The molecule has 0 heterocycles. The van der Waals surface area contributed by atoms with E-state index < -0.39 is 0 Å². The van der Waals surface area contributed by atoms with Crippen LogP contribution in [0.3, 0.4) is 0 Å². The lowest BCUT2D eigenvalue weighted by Gasteiger charge is -2.08. The molecule has 2 N–H and O–H groups in total.